The number of carbonyl (C=O) groups is 2. The van der Waals surface area contributed by atoms with E-state index in [1.165, 1.54) is 55.2 Å². The number of esters is 1. The van der Waals surface area contributed by atoms with Crippen molar-refractivity contribution in [2.75, 3.05) is 17.3 Å². The summed E-state index contributed by atoms with van der Waals surface area (Å²) in [4.78, 5) is 26.9. The van der Waals surface area contributed by atoms with Crippen LogP contribution in [0.3, 0.4) is 0 Å². The monoisotopic (exact) mass is 453 g/mol. The topological polar surface area (TPSA) is 46.6 Å². The summed E-state index contributed by atoms with van der Waals surface area (Å²) in [6.45, 7) is 2.30. The van der Waals surface area contributed by atoms with E-state index in [0.29, 0.717) is 17.9 Å². The number of halogens is 1. The number of carbonyl (C=O) groups excluding carboxylic acids is 2. The largest absolute Gasteiger partial charge is 0.462 e. The van der Waals surface area contributed by atoms with Crippen molar-refractivity contribution in [2.45, 2.75) is 50.8 Å². The minimum Gasteiger partial charge on any atom is -0.462 e. The fourth-order valence-corrected chi connectivity index (χ4v) is 5.46. The van der Waals surface area contributed by atoms with E-state index in [1.54, 1.807) is 35.2 Å². The summed E-state index contributed by atoms with van der Waals surface area (Å²) in [6.07, 6.45) is 9.03. The highest BCUT2D eigenvalue weighted by Crippen LogP contribution is 2.42. The molecule has 1 amide bonds. The van der Waals surface area contributed by atoms with Gasteiger partial charge in [0.15, 0.2) is 0 Å². The lowest BCUT2D eigenvalue weighted by Crippen LogP contribution is -2.28. The molecule has 0 aromatic heterocycles. The lowest BCUT2D eigenvalue weighted by molar-refractivity contribution is -0.115. The molecule has 168 valence electrons. The van der Waals surface area contributed by atoms with Gasteiger partial charge in [-0.2, -0.15) is 0 Å². The molecule has 1 atom stereocenters. The second kappa shape index (κ2) is 10.3. The van der Waals surface area contributed by atoms with Gasteiger partial charge in [0, 0.05) is 5.69 Å². The van der Waals surface area contributed by atoms with Gasteiger partial charge in [-0.15, -0.1) is 11.8 Å². The summed E-state index contributed by atoms with van der Waals surface area (Å²) in [5.41, 5.74) is 4.43. The van der Waals surface area contributed by atoms with Crippen LogP contribution in [0, 0.1) is 12.7 Å². The van der Waals surface area contributed by atoms with E-state index in [1.807, 2.05) is 6.92 Å². The number of benzene rings is 2. The van der Waals surface area contributed by atoms with E-state index >= 15 is 0 Å². The van der Waals surface area contributed by atoms with Crippen LogP contribution in [0.1, 0.15) is 65.4 Å². The molecule has 1 aliphatic carbocycles. The minimum atomic E-state index is -0.338. The summed E-state index contributed by atoms with van der Waals surface area (Å²) < 4.78 is 18.8. The lowest BCUT2D eigenvalue weighted by atomic mass is 9.96. The number of amides is 1. The third-order valence-electron chi connectivity index (χ3n) is 5.98. The Morgan fingerprint density at radius 1 is 1.19 bits per heavy atom. The predicted octanol–water partition coefficient (Wildman–Crippen LogP) is 6.35. The molecule has 2 aliphatic rings. The SMILES string of the molecule is Cc1cc(C(=O)OCCCC2=CCCCC2)ccc1N1C(=O)CSC1c1ccc(F)cc1. The standard InChI is InChI=1S/C26H28FNO3S/c1-18-16-21(26(30)31-15-5-8-19-6-3-2-4-7-19)11-14-23(18)28-24(29)17-32-25(28)20-9-12-22(27)13-10-20/h6,9-14,16,25H,2-5,7-8,15,17H2,1H3. The highest BCUT2D eigenvalue weighted by Gasteiger charge is 2.35. The van der Waals surface area contributed by atoms with Crippen LogP contribution in [0.15, 0.2) is 54.1 Å². The maximum Gasteiger partial charge on any atom is 0.338 e. The number of nitrogens with zero attached hydrogens (tertiary/aromatic N) is 1. The molecule has 6 heteroatoms. The Morgan fingerprint density at radius 3 is 2.72 bits per heavy atom. The Kier molecular flexibility index (Phi) is 7.30. The van der Waals surface area contributed by atoms with E-state index in [4.69, 9.17) is 4.74 Å². The average molecular weight is 454 g/mol. The number of rotatable bonds is 7. The maximum absolute atomic E-state index is 13.3. The van der Waals surface area contributed by atoms with Crippen LogP contribution >= 0.6 is 11.8 Å². The molecule has 0 bridgehead atoms. The van der Waals surface area contributed by atoms with Gasteiger partial charge in [-0.3, -0.25) is 9.69 Å². The fraction of sp³-hybridized carbons (Fsp3) is 0.385. The molecule has 2 aromatic carbocycles. The molecule has 0 saturated carbocycles. The van der Waals surface area contributed by atoms with Crippen molar-refractivity contribution >= 4 is 29.3 Å². The molecule has 1 aliphatic heterocycles. The van der Waals surface area contributed by atoms with Crippen molar-refractivity contribution in [3.8, 4) is 0 Å². The number of hydrogen-bond donors (Lipinski definition) is 0. The fourth-order valence-electron chi connectivity index (χ4n) is 4.29. The number of anilines is 1. The molecular formula is C26H28FNO3S. The Balaban J connectivity index is 1.40. The van der Waals surface area contributed by atoms with Crippen molar-refractivity contribution < 1.29 is 18.7 Å². The van der Waals surface area contributed by atoms with Gasteiger partial charge in [0.2, 0.25) is 5.91 Å². The maximum atomic E-state index is 13.3. The van der Waals surface area contributed by atoms with Gasteiger partial charge in [0.1, 0.15) is 11.2 Å². The Morgan fingerprint density at radius 2 is 2.00 bits per heavy atom. The zero-order chi connectivity index (χ0) is 22.5. The molecule has 0 radical (unpaired) electrons. The van der Waals surface area contributed by atoms with Crippen LogP contribution < -0.4 is 4.90 Å². The second-order valence-corrected chi connectivity index (χ2v) is 9.40. The third-order valence-corrected chi connectivity index (χ3v) is 7.19. The van der Waals surface area contributed by atoms with Crippen LogP contribution in [0.5, 0.6) is 0 Å². The quantitative estimate of drug-likeness (QED) is 0.278. The zero-order valence-electron chi connectivity index (χ0n) is 18.3. The first kappa shape index (κ1) is 22.6. The summed E-state index contributed by atoms with van der Waals surface area (Å²) in [6, 6.07) is 11.5. The lowest BCUT2D eigenvalue weighted by Gasteiger charge is -2.26. The van der Waals surface area contributed by atoms with Crippen LogP contribution in [-0.2, 0) is 9.53 Å². The van der Waals surface area contributed by atoms with Crippen molar-refractivity contribution in [2.24, 2.45) is 0 Å². The molecule has 1 saturated heterocycles. The number of allylic oxidation sites excluding steroid dienone is 2. The molecule has 4 nitrogen and oxygen atoms in total. The van der Waals surface area contributed by atoms with Gasteiger partial charge in [0.05, 0.1) is 17.9 Å². The normalized spacial score (nSPS) is 18.6. The third kappa shape index (κ3) is 5.23. The van der Waals surface area contributed by atoms with E-state index in [-0.39, 0.29) is 23.1 Å². The highest BCUT2D eigenvalue weighted by molar-refractivity contribution is 8.00. The number of ether oxygens (including phenoxy) is 1. The number of aryl methyl sites for hydroxylation is 1. The number of thioether (sulfide) groups is 1. The molecule has 4 rings (SSSR count). The predicted molar refractivity (Wildman–Crippen MR) is 126 cm³/mol. The van der Waals surface area contributed by atoms with E-state index in [0.717, 1.165) is 29.7 Å². The Labute approximate surface area is 192 Å². The molecule has 1 fully saturated rings. The van der Waals surface area contributed by atoms with Crippen molar-refractivity contribution in [3.05, 3.63) is 76.6 Å². The summed E-state index contributed by atoms with van der Waals surface area (Å²) >= 11 is 1.51. The van der Waals surface area contributed by atoms with Crippen LogP contribution in [0.2, 0.25) is 0 Å². The van der Waals surface area contributed by atoms with Crippen LogP contribution in [0.25, 0.3) is 0 Å². The molecule has 0 N–H and O–H groups in total. The van der Waals surface area contributed by atoms with E-state index < -0.39 is 0 Å². The van der Waals surface area contributed by atoms with E-state index in [9.17, 15) is 14.0 Å². The van der Waals surface area contributed by atoms with Gasteiger partial charge >= 0.3 is 5.97 Å². The molecular weight excluding hydrogens is 425 g/mol. The smallest absolute Gasteiger partial charge is 0.338 e. The van der Waals surface area contributed by atoms with Gasteiger partial charge in [-0.25, -0.2) is 9.18 Å². The molecule has 1 unspecified atom stereocenters. The molecule has 32 heavy (non-hydrogen) atoms. The second-order valence-electron chi connectivity index (χ2n) is 8.33. The average Bonchev–Trinajstić information content (AvgIpc) is 3.18. The number of hydrogen-bond acceptors (Lipinski definition) is 4. The van der Waals surface area contributed by atoms with Crippen molar-refractivity contribution in [1.29, 1.82) is 0 Å². The first-order valence-electron chi connectivity index (χ1n) is 11.2. The van der Waals surface area contributed by atoms with Crippen molar-refractivity contribution in [3.63, 3.8) is 0 Å². The molecule has 2 aromatic rings. The first-order valence-corrected chi connectivity index (χ1v) is 12.2. The Bertz CT molecular complexity index is 1020. The van der Waals surface area contributed by atoms with Gasteiger partial charge in [0.25, 0.3) is 0 Å². The van der Waals surface area contributed by atoms with Gasteiger partial charge in [-0.1, -0.05) is 23.8 Å². The van der Waals surface area contributed by atoms with Crippen LogP contribution in [-0.4, -0.2) is 24.2 Å². The molecule has 0 spiro atoms. The Hall–Kier alpha value is -2.60. The van der Waals surface area contributed by atoms with Crippen LogP contribution in [0.4, 0.5) is 10.1 Å². The van der Waals surface area contributed by atoms with Gasteiger partial charge in [-0.05, 0) is 86.9 Å². The summed E-state index contributed by atoms with van der Waals surface area (Å²) in [5.74, 6) is -0.278. The van der Waals surface area contributed by atoms with Gasteiger partial charge < -0.3 is 4.74 Å². The zero-order valence-corrected chi connectivity index (χ0v) is 19.1. The summed E-state index contributed by atoms with van der Waals surface area (Å²) in [7, 11) is 0. The summed E-state index contributed by atoms with van der Waals surface area (Å²) in [5, 5.41) is -0.214. The minimum absolute atomic E-state index is 0.000214. The highest BCUT2D eigenvalue weighted by atomic mass is 32.2. The van der Waals surface area contributed by atoms with E-state index in [2.05, 4.69) is 6.08 Å². The first-order chi connectivity index (χ1) is 15.5. The molecule has 1 heterocycles. The van der Waals surface area contributed by atoms with Crippen molar-refractivity contribution in [1.82, 2.24) is 0 Å².